The van der Waals surface area contributed by atoms with Gasteiger partial charge in [-0.15, -0.1) is 0 Å². The van der Waals surface area contributed by atoms with Crippen LogP contribution in [0.5, 0.6) is 0 Å². The van der Waals surface area contributed by atoms with Crippen LogP contribution in [0, 0.1) is 5.92 Å². The molecule has 0 atom stereocenters. The summed E-state index contributed by atoms with van der Waals surface area (Å²) in [6, 6.07) is 7.50. The van der Waals surface area contributed by atoms with Crippen LogP contribution < -0.4 is 10.0 Å². The van der Waals surface area contributed by atoms with Crippen molar-refractivity contribution in [3.63, 3.8) is 0 Å². The standard InChI is InChI=1S/C14H22N2O2S/c1-11(2)15-10-13-5-3-4-6-14(13)19(17,18)16-9-12-7-8-12/h3-6,11-12,15-16H,7-10H2,1-2H3. The predicted molar refractivity (Wildman–Crippen MR) is 76.3 cm³/mol. The van der Waals surface area contributed by atoms with E-state index in [2.05, 4.69) is 10.0 Å². The van der Waals surface area contributed by atoms with Crippen LogP contribution in [0.25, 0.3) is 0 Å². The van der Waals surface area contributed by atoms with Crippen LogP contribution in [0.4, 0.5) is 0 Å². The summed E-state index contributed by atoms with van der Waals surface area (Å²) in [7, 11) is -3.38. The summed E-state index contributed by atoms with van der Waals surface area (Å²) in [5, 5.41) is 3.26. The second-order valence-corrected chi connectivity index (χ2v) is 7.17. The van der Waals surface area contributed by atoms with Gasteiger partial charge in [-0.25, -0.2) is 13.1 Å². The lowest BCUT2D eigenvalue weighted by atomic mass is 10.2. The van der Waals surface area contributed by atoms with Gasteiger partial charge in [0.1, 0.15) is 0 Å². The summed E-state index contributed by atoms with van der Waals surface area (Å²) in [4.78, 5) is 0.392. The molecule has 0 unspecified atom stereocenters. The maximum atomic E-state index is 12.3. The third-order valence-electron chi connectivity index (χ3n) is 3.22. The van der Waals surface area contributed by atoms with Crippen molar-refractivity contribution in [3.05, 3.63) is 29.8 Å². The van der Waals surface area contributed by atoms with E-state index in [0.717, 1.165) is 18.4 Å². The Balaban J connectivity index is 2.12. The van der Waals surface area contributed by atoms with E-state index < -0.39 is 10.0 Å². The van der Waals surface area contributed by atoms with Gasteiger partial charge in [0.15, 0.2) is 0 Å². The first-order valence-electron chi connectivity index (χ1n) is 6.80. The fraction of sp³-hybridized carbons (Fsp3) is 0.571. The molecule has 0 radical (unpaired) electrons. The van der Waals surface area contributed by atoms with Crippen LogP contribution in [0.3, 0.4) is 0 Å². The van der Waals surface area contributed by atoms with Crippen LogP contribution in [0.15, 0.2) is 29.2 Å². The second kappa shape index (κ2) is 6.03. The molecule has 19 heavy (non-hydrogen) atoms. The van der Waals surface area contributed by atoms with Gasteiger partial charge in [-0.05, 0) is 30.4 Å². The summed E-state index contributed by atoms with van der Waals surface area (Å²) in [6.07, 6.45) is 2.28. The molecular formula is C14H22N2O2S. The highest BCUT2D eigenvalue weighted by Crippen LogP contribution is 2.28. The normalized spacial score (nSPS) is 15.9. The molecule has 1 aromatic carbocycles. The molecule has 0 bridgehead atoms. The lowest BCUT2D eigenvalue weighted by molar-refractivity contribution is 0.565. The van der Waals surface area contributed by atoms with Crippen LogP contribution >= 0.6 is 0 Å². The van der Waals surface area contributed by atoms with Gasteiger partial charge in [-0.2, -0.15) is 0 Å². The smallest absolute Gasteiger partial charge is 0.240 e. The zero-order valence-electron chi connectivity index (χ0n) is 11.5. The van der Waals surface area contributed by atoms with Crippen molar-refractivity contribution in [2.24, 2.45) is 5.92 Å². The van der Waals surface area contributed by atoms with Crippen molar-refractivity contribution in [1.82, 2.24) is 10.0 Å². The van der Waals surface area contributed by atoms with Crippen molar-refractivity contribution >= 4 is 10.0 Å². The zero-order chi connectivity index (χ0) is 13.9. The summed E-state index contributed by atoms with van der Waals surface area (Å²) < 4.78 is 27.3. The topological polar surface area (TPSA) is 58.2 Å². The lowest BCUT2D eigenvalue weighted by Crippen LogP contribution is -2.28. The van der Waals surface area contributed by atoms with Crippen molar-refractivity contribution < 1.29 is 8.42 Å². The Bertz CT molecular complexity index is 522. The van der Waals surface area contributed by atoms with E-state index in [1.165, 1.54) is 0 Å². The Labute approximate surface area is 115 Å². The Morgan fingerprint density at radius 3 is 2.58 bits per heavy atom. The molecule has 0 aromatic heterocycles. The number of hydrogen-bond donors (Lipinski definition) is 2. The van der Waals surface area contributed by atoms with Gasteiger partial charge in [0.05, 0.1) is 4.90 Å². The third kappa shape index (κ3) is 4.30. The maximum Gasteiger partial charge on any atom is 0.240 e. The molecule has 0 amide bonds. The SMILES string of the molecule is CC(C)NCc1ccccc1S(=O)(=O)NCC1CC1. The monoisotopic (exact) mass is 282 g/mol. The molecule has 106 valence electrons. The molecule has 1 fully saturated rings. The Hall–Kier alpha value is -0.910. The van der Waals surface area contributed by atoms with Crippen molar-refractivity contribution in [1.29, 1.82) is 0 Å². The summed E-state index contributed by atoms with van der Waals surface area (Å²) >= 11 is 0. The van der Waals surface area contributed by atoms with E-state index in [4.69, 9.17) is 0 Å². The summed E-state index contributed by atoms with van der Waals surface area (Å²) in [5.74, 6) is 0.538. The molecular weight excluding hydrogens is 260 g/mol. The first kappa shape index (κ1) is 14.5. The van der Waals surface area contributed by atoms with Crippen molar-refractivity contribution in [3.8, 4) is 0 Å². The van der Waals surface area contributed by atoms with Gasteiger partial charge >= 0.3 is 0 Å². The minimum atomic E-state index is -3.38. The predicted octanol–water partition coefficient (Wildman–Crippen LogP) is 1.87. The highest BCUT2D eigenvalue weighted by molar-refractivity contribution is 7.89. The second-order valence-electron chi connectivity index (χ2n) is 5.44. The molecule has 5 heteroatoms. The molecule has 0 heterocycles. The van der Waals surface area contributed by atoms with Crippen LogP contribution in [0.2, 0.25) is 0 Å². The minimum absolute atomic E-state index is 0.329. The Morgan fingerprint density at radius 1 is 1.26 bits per heavy atom. The van der Waals surface area contributed by atoms with Crippen molar-refractivity contribution in [2.45, 2.75) is 44.2 Å². The molecule has 0 saturated heterocycles. The van der Waals surface area contributed by atoms with E-state index in [1.54, 1.807) is 12.1 Å². The van der Waals surface area contributed by atoms with Crippen molar-refractivity contribution in [2.75, 3.05) is 6.54 Å². The molecule has 0 spiro atoms. The van der Waals surface area contributed by atoms with E-state index in [-0.39, 0.29) is 0 Å². The van der Waals surface area contributed by atoms with Gasteiger partial charge in [-0.3, -0.25) is 0 Å². The van der Waals surface area contributed by atoms with Gasteiger partial charge in [0.2, 0.25) is 10.0 Å². The fourth-order valence-corrected chi connectivity index (χ4v) is 3.21. The summed E-state index contributed by atoms with van der Waals surface area (Å²) in [5.41, 5.74) is 0.819. The van der Waals surface area contributed by atoms with E-state index in [9.17, 15) is 8.42 Å². The van der Waals surface area contributed by atoms with Gasteiger partial charge in [-0.1, -0.05) is 32.0 Å². The van der Waals surface area contributed by atoms with E-state index in [0.29, 0.717) is 29.9 Å². The van der Waals surface area contributed by atoms with Crippen LogP contribution in [-0.4, -0.2) is 21.0 Å². The number of sulfonamides is 1. The molecule has 0 aliphatic heterocycles. The number of rotatable bonds is 7. The highest BCUT2D eigenvalue weighted by Gasteiger charge is 2.25. The Morgan fingerprint density at radius 2 is 1.95 bits per heavy atom. The molecule has 1 aromatic rings. The lowest BCUT2D eigenvalue weighted by Gasteiger charge is -2.13. The minimum Gasteiger partial charge on any atom is -0.310 e. The van der Waals surface area contributed by atoms with Gasteiger partial charge in [0.25, 0.3) is 0 Å². The van der Waals surface area contributed by atoms with Crippen LogP contribution in [0.1, 0.15) is 32.3 Å². The third-order valence-corrected chi connectivity index (χ3v) is 4.75. The molecule has 2 rings (SSSR count). The molecule has 1 aliphatic rings. The quantitative estimate of drug-likeness (QED) is 0.802. The molecule has 1 aliphatic carbocycles. The number of hydrogen-bond acceptors (Lipinski definition) is 3. The van der Waals surface area contributed by atoms with Gasteiger partial charge in [0, 0.05) is 19.1 Å². The maximum absolute atomic E-state index is 12.3. The number of nitrogens with one attached hydrogen (secondary N) is 2. The molecule has 1 saturated carbocycles. The zero-order valence-corrected chi connectivity index (χ0v) is 12.3. The van der Waals surface area contributed by atoms with Crippen LogP contribution in [-0.2, 0) is 16.6 Å². The summed E-state index contributed by atoms with van der Waals surface area (Å²) in [6.45, 7) is 5.22. The molecule has 2 N–H and O–H groups in total. The first-order chi connectivity index (χ1) is 8.99. The molecule has 4 nitrogen and oxygen atoms in total. The first-order valence-corrected chi connectivity index (χ1v) is 8.28. The van der Waals surface area contributed by atoms with E-state index >= 15 is 0 Å². The average Bonchev–Trinajstić information content (AvgIpc) is 3.18. The Kier molecular flexibility index (Phi) is 4.60. The van der Waals surface area contributed by atoms with E-state index in [1.807, 2.05) is 26.0 Å². The highest BCUT2D eigenvalue weighted by atomic mass is 32.2. The fourth-order valence-electron chi connectivity index (χ4n) is 1.85. The largest absolute Gasteiger partial charge is 0.310 e. The number of benzene rings is 1. The average molecular weight is 282 g/mol. The van der Waals surface area contributed by atoms with Gasteiger partial charge < -0.3 is 5.32 Å².